The molecule has 2 amide bonds. The Bertz CT molecular complexity index is 615. The predicted molar refractivity (Wildman–Crippen MR) is 104 cm³/mol. The number of nitrogens with one attached hydrogen (secondary N) is 1. The lowest BCUT2D eigenvalue weighted by molar-refractivity contribution is -0.131. The first-order valence-corrected chi connectivity index (χ1v) is 10.3. The van der Waals surface area contributed by atoms with Gasteiger partial charge in [0, 0.05) is 31.1 Å². The predicted octanol–water partition coefficient (Wildman–Crippen LogP) is 4.06. The fourth-order valence-electron chi connectivity index (χ4n) is 4.32. The molecule has 1 aliphatic carbocycles. The lowest BCUT2D eigenvalue weighted by Gasteiger charge is -2.28. The van der Waals surface area contributed by atoms with Crippen LogP contribution in [0.25, 0.3) is 0 Å². The Balaban J connectivity index is 1.57. The molecule has 1 N–H and O–H groups in total. The highest BCUT2D eigenvalue weighted by atomic mass is 35.5. The zero-order valence-corrected chi connectivity index (χ0v) is 16.2. The number of likely N-dealkylation sites (tertiary alicyclic amines) is 1. The molecule has 1 saturated carbocycles. The van der Waals surface area contributed by atoms with E-state index < -0.39 is 5.41 Å². The van der Waals surface area contributed by atoms with Crippen molar-refractivity contribution < 1.29 is 9.59 Å². The van der Waals surface area contributed by atoms with E-state index in [0.29, 0.717) is 18.0 Å². The van der Waals surface area contributed by atoms with Crippen LogP contribution in [0, 0.1) is 0 Å². The van der Waals surface area contributed by atoms with Gasteiger partial charge < -0.3 is 10.2 Å². The third kappa shape index (κ3) is 4.40. The molecule has 3 rings (SSSR count). The number of amides is 2. The maximum Gasteiger partial charge on any atom is 0.230 e. The summed E-state index contributed by atoms with van der Waals surface area (Å²) >= 11 is 6.00. The van der Waals surface area contributed by atoms with Gasteiger partial charge in [-0.15, -0.1) is 0 Å². The van der Waals surface area contributed by atoms with Crippen LogP contribution >= 0.6 is 11.6 Å². The number of carbonyl (C=O) groups is 2. The average Bonchev–Trinajstić information content (AvgIpc) is 2.98. The van der Waals surface area contributed by atoms with Gasteiger partial charge in [-0.3, -0.25) is 9.59 Å². The van der Waals surface area contributed by atoms with Crippen molar-refractivity contribution in [2.24, 2.45) is 0 Å². The minimum absolute atomic E-state index is 0.0565. The fourth-order valence-corrected chi connectivity index (χ4v) is 4.45. The van der Waals surface area contributed by atoms with Gasteiger partial charge in [0.2, 0.25) is 11.8 Å². The van der Waals surface area contributed by atoms with E-state index in [-0.39, 0.29) is 11.8 Å². The van der Waals surface area contributed by atoms with Crippen molar-refractivity contribution in [1.29, 1.82) is 0 Å². The summed E-state index contributed by atoms with van der Waals surface area (Å²) in [6.45, 7) is 2.15. The van der Waals surface area contributed by atoms with Crippen LogP contribution in [-0.4, -0.2) is 36.3 Å². The molecule has 0 spiro atoms. The summed E-state index contributed by atoms with van der Waals surface area (Å²) in [6.07, 6.45) is 8.85. The van der Waals surface area contributed by atoms with E-state index in [1.807, 2.05) is 29.2 Å². The largest absolute Gasteiger partial charge is 0.355 e. The molecule has 2 fully saturated rings. The third-order valence-corrected chi connectivity index (χ3v) is 6.12. The summed E-state index contributed by atoms with van der Waals surface area (Å²) in [5.41, 5.74) is 0.576. The molecule has 0 bridgehead atoms. The zero-order chi connectivity index (χ0) is 18.4. The molecule has 0 atom stereocenters. The highest BCUT2D eigenvalue weighted by molar-refractivity contribution is 6.30. The second-order valence-corrected chi connectivity index (χ2v) is 8.03. The quantitative estimate of drug-likeness (QED) is 0.842. The number of benzene rings is 1. The highest BCUT2D eigenvalue weighted by Gasteiger charge is 2.42. The molecule has 1 aromatic carbocycles. The molecule has 1 saturated heterocycles. The van der Waals surface area contributed by atoms with Crippen LogP contribution in [0.15, 0.2) is 24.3 Å². The molecule has 26 heavy (non-hydrogen) atoms. The van der Waals surface area contributed by atoms with Gasteiger partial charge in [-0.05, 0) is 43.4 Å². The van der Waals surface area contributed by atoms with Crippen LogP contribution in [0.2, 0.25) is 5.02 Å². The van der Waals surface area contributed by atoms with Gasteiger partial charge in [0.05, 0.1) is 5.41 Å². The van der Waals surface area contributed by atoms with Crippen molar-refractivity contribution >= 4 is 23.4 Å². The Labute approximate surface area is 161 Å². The van der Waals surface area contributed by atoms with Crippen molar-refractivity contribution in [1.82, 2.24) is 10.2 Å². The minimum atomic E-state index is -0.462. The molecule has 2 aliphatic rings. The molecule has 1 heterocycles. The van der Waals surface area contributed by atoms with E-state index >= 15 is 0 Å². The average molecular weight is 377 g/mol. The molecular weight excluding hydrogens is 348 g/mol. The van der Waals surface area contributed by atoms with Gasteiger partial charge in [0.25, 0.3) is 0 Å². The van der Waals surface area contributed by atoms with Crippen molar-refractivity contribution in [3.63, 3.8) is 0 Å². The Morgan fingerprint density at radius 2 is 1.58 bits per heavy atom. The first-order valence-electron chi connectivity index (χ1n) is 9.94. The van der Waals surface area contributed by atoms with Crippen LogP contribution in [0.1, 0.15) is 63.4 Å². The van der Waals surface area contributed by atoms with Crippen LogP contribution in [0.5, 0.6) is 0 Å². The Morgan fingerprint density at radius 3 is 2.19 bits per heavy atom. The third-order valence-electron chi connectivity index (χ3n) is 5.87. The standard InChI is InChI=1S/C21H29ClN2O2/c22-18-9-7-17(8-10-18)21(12-3-4-13-21)20(26)23-14-11-19(25)24-15-5-1-2-6-16-24/h7-10H,1-6,11-16H2,(H,23,26). The number of rotatable bonds is 5. The van der Waals surface area contributed by atoms with Crippen molar-refractivity contribution in [2.45, 2.75) is 63.2 Å². The summed E-state index contributed by atoms with van der Waals surface area (Å²) in [7, 11) is 0. The lowest BCUT2D eigenvalue weighted by Crippen LogP contribution is -2.44. The maximum atomic E-state index is 13.0. The minimum Gasteiger partial charge on any atom is -0.355 e. The number of hydrogen-bond acceptors (Lipinski definition) is 2. The van der Waals surface area contributed by atoms with E-state index in [0.717, 1.165) is 57.2 Å². The molecule has 5 heteroatoms. The summed E-state index contributed by atoms with van der Waals surface area (Å²) in [5, 5.41) is 3.73. The van der Waals surface area contributed by atoms with E-state index in [2.05, 4.69) is 5.32 Å². The highest BCUT2D eigenvalue weighted by Crippen LogP contribution is 2.41. The van der Waals surface area contributed by atoms with Gasteiger partial charge in [-0.2, -0.15) is 0 Å². The number of halogens is 1. The Kier molecular flexibility index (Phi) is 6.58. The first kappa shape index (κ1) is 19.2. The smallest absolute Gasteiger partial charge is 0.230 e. The van der Waals surface area contributed by atoms with Crippen LogP contribution in [0.4, 0.5) is 0 Å². The molecule has 4 nitrogen and oxygen atoms in total. The van der Waals surface area contributed by atoms with Crippen LogP contribution in [-0.2, 0) is 15.0 Å². The molecule has 142 valence electrons. The van der Waals surface area contributed by atoms with Crippen molar-refractivity contribution in [3.05, 3.63) is 34.9 Å². The van der Waals surface area contributed by atoms with Crippen LogP contribution < -0.4 is 5.32 Å². The van der Waals surface area contributed by atoms with Gasteiger partial charge in [-0.1, -0.05) is 49.4 Å². The molecule has 1 aromatic rings. The van der Waals surface area contributed by atoms with E-state index in [1.54, 1.807) is 0 Å². The Morgan fingerprint density at radius 1 is 0.962 bits per heavy atom. The van der Waals surface area contributed by atoms with E-state index in [9.17, 15) is 9.59 Å². The van der Waals surface area contributed by atoms with Crippen molar-refractivity contribution in [3.8, 4) is 0 Å². The molecular formula is C21H29ClN2O2. The van der Waals surface area contributed by atoms with Gasteiger partial charge in [0.1, 0.15) is 0 Å². The molecule has 1 aliphatic heterocycles. The monoisotopic (exact) mass is 376 g/mol. The topological polar surface area (TPSA) is 49.4 Å². The molecule has 0 unspecified atom stereocenters. The van der Waals surface area contributed by atoms with Crippen molar-refractivity contribution in [2.75, 3.05) is 19.6 Å². The van der Waals surface area contributed by atoms with E-state index in [1.165, 1.54) is 12.8 Å². The lowest BCUT2D eigenvalue weighted by atomic mass is 9.78. The fraction of sp³-hybridized carbons (Fsp3) is 0.619. The van der Waals surface area contributed by atoms with Gasteiger partial charge >= 0.3 is 0 Å². The van der Waals surface area contributed by atoms with Crippen LogP contribution in [0.3, 0.4) is 0 Å². The summed E-state index contributed by atoms with van der Waals surface area (Å²) in [6, 6.07) is 7.64. The van der Waals surface area contributed by atoms with Gasteiger partial charge in [-0.25, -0.2) is 0 Å². The first-order chi connectivity index (χ1) is 12.6. The number of hydrogen-bond donors (Lipinski definition) is 1. The summed E-state index contributed by atoms with van der Waals surface area (Å²) in [5.74, 6) is 0.222. The number of carbonyl (C=O) groups excluding carboxylic acids is 2. The maximum absolute atomic E-state index is 13.0. The molecule has 0 radical (unpaired) electrons. The SMILES string of the molecule is O=C(CCNC(=O)C1(c2ccc(Cl)cc2)CCCC1)N1CCCCCC1. The summed E-state index contributed by atoms with van der Waals surface area (Å²) < 4.78 is 0. The van der Waals surface area contributed by atoms with E-state index in [4.69, 9.17) is 11.6 Å². The summed E-state index contributed by atoms with van der Waals surface area (Å²) in [4.78, 5) is 27.4. The zero-order valence-electron chi connectivity index (χ0n) is 15.4. The van der Waals surface area contributed by atoms with Gasteiger partial charge in [0.15, 0.2) is 0 Å². The second kappa shape index (κ2) is 8.90. The number of nitrogens with zero attached hydrogens (tertiary/aromatic N) is 1. The molecule has 0 aromatic heterocycles. The second-order valence-electron chi connectivity index (χ2n) is 7.60. The Hall–Kier alpha value is -1.55. The normalized spacial score (nSPS) is 19.8.